The molecule has 1 aromatic rings. The molecule has 0 amide bonds. The summed E-state index contributed by atoms with van der Waals surface area (Å²) in [5.74, 6) is 0.931. The standard InChI is InChI=1S/C12H17NO/c1-9-7-10(2)12(14-3)11(8-9)5-4-6-13/h4-5,7-8H,6,13H2,1-3H3/b5-4+. The number of aryl methyl sites for hydroxylation is 2. The average molecular weight is 191 g/mol. The van der Waals surface area contributed by atoms with E-state index in [-0.39, 0.29) is 0 Å². The van der Waals surface area contributed by atoms with Gasteiger partial charge in [0.2, 0.25) is 0 Å². The van der Waals surface area contributed by atoms with Crippen molar-refractivity contribution in [3.05, 3.63) is 34.9 Å². The number of hydrogen-bond donors (Lipinski definition) is 1. The van der Waals surface area contributed by atoms with Gasteiger partial charge in [-0.1, -0.05) is 23.8 Å². The first-order chi connectivity index (χ1) is 6.69. The molecule has 1 rings (SSSR count). The van der Waals surface area contributed by atoms with Crippen LogP contribution in [0, 0.1) is 13.8 Å². The molecule has 0 spiro atoms. The number of methoxy groups -OCH3 is 1. The van der Waals surface area contributed by atoms with Gasteiger partial charge in [0, 0.05) is 12.1 Å². The maximum absolute atomic E-state index is 5.42. The maximum atomic E-state index is 5.42. The van der Waals surface area contributed by atoms with Crippen molar-refractivity contribution in [3.63, 3.8) is 0 Å². The zero-order valence-corrected chi connectivity index (χ0v) is 9.00. The molecule has 0 bridgehead atoms. The highest BCUT2D eigenvalue weighted by Crippen LogP contribution is 2.25. The fourth-order valence-electron chi connectivity index (χ4n) is 1.58. The van der Waals surface area contributed by atoms with E-state index in [1.54, 1.807) is 7.11 Å². The zero-order chi connectivity index (χ0) is 10.6. The van der Waals surface area contributed by atoms with Crippen LogP contribution >= 0.6 is 0 Å². The maximum Gasteiger partial charge on any atom is 0.128 e. The van der Waals surface area contributed by atoms with E-state index in [2.05, 4.69) is 19.1 Å². The second kappa shape index (κ2) is 4.82. The topological polar surface area (TPSA) is 35.2 Å². The van der Waals surface area contributed by atoms with Crippen LogP contribution in [0.1, 0.15) is 16.7 Å². The molecule has 2 N–H and O–H groups in total. The molecule has 0 aliphatic carbocycles. The third kappa shape index (κ3) is 2.36. The molecular weight excluding hydrogens is 174 g/mol. The van der Waals surface area contributed by atoms with E-state index < -0.39 is 0 Å². The Kier molecular flexibility index (Phi) is 3.72. The monoisotopic (exact) mass is 191 g/mol. The molecule has 2 heteroatoms. The van der Waals surface area contributed by atoms with Gasteiger partial charge in [-0.25, -0.2) is 0 Å². The van der Waals surface area contributed by atoms with Gasteiger partial charge in [-0.3, -0.25) is 0 Å². The minimum Gasteiger partial charge on any atom is -0.496 e. The van der Waals surface area contributed by atoms with Gasteiger partial charge in [-0.2, -0.15) is 0 Å². The van der Waals surface area contributed by atoms with E-state index in [0.29, 0.717) is 6.54 Å². The number of hydrogen-bond acceptors (Lipinski definition) is 2. The van der Waals surface area contributed by atoms with Crippen LogP contribution in [0.4, 0.5) is 0 Å². The Morgan fingerprint density at radius 3 is 2.64 bits per heavy atom. The number of nitrogens with two attached hydrogens (primary N) is 1. The van der Waals surface area contributed by atoms with E-state index in [0.717, 1.165) is 16.9 Å². The Hall–Kier alpha value is -1.28. The molecule has 2 nitrogen and oxygen atoms in total. The van der Waals surface area contributed by atoms with Gasteiger partial charge in [-0.05, 0) is 25.5 Å². The molecule has 0 atom stereocenters. The summed E-state index contributed by atoms with van der Waals surface area (Å²) in [4.78, 5) is 0. The largest absolute Gasteiger partial charge is 0.496 e. The van der Waals surface area contributed by atoms with Crippen LogP contribution in [0.2, 0.25) is 0 Å². The first-order valence-electron chi connectivity index (χ1n) is 4.71. The highest BCUT2D eigenvalue weighted by Gasteiger charge is 2.03. The lowest BCUT2D eigenvalue weighted by Gasteiger charge is -2.09. The molecule has 0 fully saturated rings. The number of rotatable bonds is 3. The Morgan fingerprint density at radius 2 is 2.07 bits per heavy atom. The van der Waals surface area contributed by atoms with Gasteiger partial charge in [0.25, 0.3) is 0 Å². The summed E-state index contributed by atoms with van der Waals surface area (Å²) < 4.78 is 5.34. The van der Waals surface area contributed by atoms with E-state index in [9.17, 15) is 0 Å². The first kappa shape index (κ1) is 10.8. The lowest BCUT2D eigenvalue weighted by molar-refractivity contribution is 0.410. The number of ether oxygens (including phenoxy) is 1. The Balaban J connectivity index is 3.18. The van der Waals surface area contributed by atoms with Crippen LogP contribution in [-0.2, 0) is 0 Å². The third-order valence-corrected chi connectivity index (χ3v) is 2.09. The quantitative estimate of drug-likeness (QED) is 0.795. The van der Waals surface area contributed by atoms with Crippen LogP contribution in [-0.4, -0.2) is 13.7 Å². The van der Waals surface area contributed by atoms with Crippen LogP contribution in [0.15, 0.2) is 18.2 Å². The predicted molar refractivity (Wildman–Crippen MR) is 60.6 cm³/mol. The van der Waals surface area contributed by atoms with E-state index in [1.807, 2.05) is 19.1 Å². The van der Waals surface area contributed by atoms with Crippen molar-refractivity contribution < 1.29 is 4.74 Å². The van der Waals surface area contributed by atoms with Crippen molar-refractivity contribution in [1.82, 2.24) is 0 Å². The summed E-state index contributed by atoms with van der Waals surface area (Å²) in [5, 5.41) is 0. The van der Waals surface area contributed by atoms with Gasteiger partial charge in [0.05, 0.1) is 7.11 Å². The Morgan fingerprint density at radius 1 is 1.36 bits per heavy atom. The first-order valence-corrected chi connectivity index (χ1v) is 4.71. The average Bonchev–Trinajstić information content (AvgIpc) is 2.14. The highest BCUT2D eigenvalue weighted by molar-refractivity contribution is 5.61. The molecule has 14 heavy (non-hydrogen) atoms. The van der Waals surface area contributed by atoms with Gasteiger partial charge < -0.3 is 10.5 Å². The molecule has 0 unspecified atom stereocenters. The summed E-state index contributed by atoms with van der Waals surface area (Å²) in [5.41, 5.74) is 8.90. The summed E-state index contributed by atoms with van der Waals surface area (Å²) in [6, 6.07) is 4.20. The molecule has 0 aromatic heterocycles. The second-order valence-corrected chi connectivity index (χ2v) is 3.34. The molecule has 76 valence electrons. The van der Waals surface area contributed by atoms with E-state index >= 15 is 0 Å². The van der Waals surface area contributed by atoms with Gasteiger partial charge in [0.15, 0.2) is 0 Å². The predicted octanol–water partition coefficient (Wildman–Crippen LogP) is 2.28. The summed E-state index contributed by atoms with van der Waals surface area (Å²) >= 11 is 0. The van der Waals surface area contributed by atoms with Gasteiger partial charge in [0.1, 0.15) is 5.75 Å². The van der Waals surface area contributed by atoms with Crippen LogP contribution < -0.4 is 10.5 Å². The lowest BCUT2D eigenvalue weighted by Crippen LogP contribution is -1.94. The molecule has 0 saturated heterocycles. The van der Waals surface area contributed by atoms with Crippen molar-refractivity contribution in [2.24, 2.45) is 5.73 Å². The fourth-order valence-corrected chi connectivity index (χ4v) is 1.58. The molecule has 1 aromatic carbocycles. The van der Waals surface area contributed by atoms with Crippen molar-refractivity contribution in [2.45, 2.75) is 13.8 Å². The van der Waals surface area contributed by atoms with Crippen molar-refractivity contribution in [1.29, 1.82) is 0 Å². The van der Waals surface area contributed by atoms with E-state index in [1.165, 1.54) is 5.56 Å². The van der Waals surface area contributed by atoms with Crippen molar-refractivity contribution in [2.75, 3.05) is 13.7 Å². The Bertz CT molecular complexity index is 342. The van der Waals surface area contributed by atoms with Gasteiger partial charge in [-0.15, -0.1) is 0 Å². The zero-order valence-electron chi connectivity index (χ0n) is 9.00. The van der Waals surface area contributed by atoms with Crippen LogP contribution in [0.25, 0.3) is 6.08 Å². The van der Waals surface area contributed by atoms with Crippen molar-refractivity contribution >= 4 is 6.08 Å². The second-order valence-electron chi connectivity index (χ2n) is 3.34. The highest BCUT2D eigenvalue weighted by atomic mass is 16.5. The SMILES string of the molecule is COc1c(C)cc(C)cc1/C=C/CN. The smallest absolute Gasteiger partial charge is 0.128 e. The molecule has 0 aliphatic rings. The third-order valence-electron chi connectivity index (χ3n) is 2.09. The minimum absolute atomic E-state index is 0.552. The summed E-state index contributed by atoms with van der Waals surface area (Å²) in [6.45, 7) is 4.67. The fraction of sp³-hybridized carbons (Fsp3) is 0.333. The van der Waals surface area contributed by atoms with Crippen LogP contribution in [0.5, 0.6) is 5.75 Å². The summed E-state index contributed by atoms with van der Waals surface area (Å²) in [6.07, 6.45) is 3.93. The van der Waals surface area contributed by atoms with Crippen molar-refractivity contribution in [3.8, 4) is 5.75 Å². The molecule has 0 radical (unpaired) electrons. The summed E-state index contributed by atoms with van der Waals surface area (Å²) in [7, 11) is 1.69. The normalized spacial score (nSPS) is 10.9. The molecule has 0 heterocycles. The lowest BCUT2D eigenvalue weighted by atomic mass is 10.1. The number of benzene rings is 1. The minimum atomic E-state index is 0.552. The molecule has 0 aliphatic heterocycles. The van der Waals surface area contributed by atoms with E-state index in [4.69, 9.17) is 10.5 Å². The molecular formula is C12H17NO. The van der Waals surface area contributed by atoms with Gasteiger partial charge >= 0.3 is 0 Å². The van der Waals surface area contributed by atoms with Crippen LogP contribution in [0.3, 0.4) is 0 Å². The Labute approximate surface area is 85.4 Å². The molecule has 0 saturated carbocycles.